The molecule has 1 amide bonds. The Balaban J connectivity index is 1.74. The van der Waals surface area contributed by atoms with Crippen molar-refractivity contribution in [1.29, 1.82) is 0 Å². The van der Waals surface area contributed by atoms with Crippen LogP contribution in [0.25, 0.3) is 0 Å². The monoisotopic (exact) mass is 319 g/mol. The molecular weight excluding hydrogens is 306 g/mol. The number of aromatic amines is 1. The molecule has 0 saturated heterocycles. The van der Waals surface area contributed by atoms with Gasteiger partial charge in [0.25, 0.3) is 0 Å². The summed E-state index contributed by atoms with van der Waals surface area (Å²) in [6.45, 7) is 0.491. The molecule has 1 saturated carbocycles. The van der Waals surface area contributed by atoms with E-state index < -0.39 is 0 Å². The molecule has 19 heavy (non-hydrogen) atoms. The van der Waals surface area contributed by atoms with Crippen LogP contribution in [0, 0.1) is 0 Å². The summed E-state index contributed by atoms with van der Waals surface area (Å²) in [6.07, 6.45) is 5.15. The molecule has 3 rings (SSSR count). The molecular formula is C14H14BrN3O. The molecule has 98 valence electrons. The minimum atomic E-state index is -0.347. The summed E-state index contributed by atoms with van der Waals surface area (Å²) >= 11 is 3.53. The fourth-order valence-corrected chi connectivity index (χ4v) is 2.98. The minimum absolute atomic E-state index is 0.0917. The number of rotatable bonds is 4. The van der Waals surface area contributed by atoms with Gasteiger partial charge in [0.05, 0.1) is 24.0 Å². The highest BCUT2D eigenvalue weighted by molar-refractivity contribution is 9.10. The van der Waals surface area contributed by atoms with Crippen LogP contribution in [-0.2, 0) is 16.8 Å². The Bertz CT molecular complexity index is 590. The van der Waals surface area contributed by atoms with Crippen molar-refractivity contribution in [2.45, 2.75) is 24.8 Å². The second-order valence-electron chi connectivity index (χ2n) is 4.82. The van der Waals surface area contributed by atoms with Gasteiger partial charge in [-0.1, -0.05) is 34.1 Å². The van der Waals surface area contributed by atoms with E-state index in [-0.39, 0.29) is 11.3 Å². The lowest BCUT2D eigenvalue weighted by molar-refractivity contribution is -0.123. The quantitative estimate of drug-likeness (QED) is 0.909. The lowest BCUT2D eigenvalue weighted by Gasteiger charge is -2.16. The van der Waals surface area contributed by atoms with Crippen LogP contribution in [0.5, 0.6) is 0 Å². The van der Waals surface area contributed by atoms with Gasteiger partial charge in [-0.15, -0.1) is 0 Å². The fourth-order valence-electron chi connectivity index (χ4n) is 2.32. The van der Waals surface area contributed by atoms with Gasteiger partial charge in [0, 0.05) is 10.7 Å². The normalized spacial score (nSPS) is 16.1. The maximum atomic E-state index is 12.4. The van der Waals surface area contributed by atoms with Crippen LogP contribution in [0.3, 0.4) is 0 Å². The molecule has 1 aliphatic carbocycles. The molecule has 1 aromatic carbocycles. The largest absolute Gasteiger partial charge is 0.350 e. The average molecular weight is 320 g/mol. The predicted molar refractivity (Wildman–Crippen MR) is 75.5 cm³/mol. The molecule has 0 atom stereocenters. The third-order valence-corrected chi connectivity index (χ3v) is 4.26. The summed E-state index contributed by atoms with van der Waals surface area (Å²) in [5.41, 5.74) is 1.65. The summed E-state index contributed by atoms with van der Waals surface area (Å²) in [4.78, 5) is 19.3. The fraction of sp³-hybridized carbons (Fsp3) is 0.286. The number of halogens is 1. The van der Waals surface area contributed by atoms with E-state index in [4.69, 9.17) is 0 Å². The number of nitrogens with zero attached hydrogens (tertiary/aromatic N) is 1. The van der Waals surface area contributed by atoms with Gasteiger partial charge in [0.1, 0.15) is 0 Å². The van der Waals surface area contributed by atoms with E-state index in [1.807, 2.05) is 24.3 Å². The summed E-state index contributed by atoms with van der Waals surface area (Å²) in [6, 6.07) is 7.94. The van der Waals surface area contributed by atoms with Gasteiger partial charge >= 0.3 is 0 Å². The van der Waals surface area contributed by atoms with Crippen LogP contribution in [-0.4, -0.2) is 15.9 Å². The number of hydrogen-bond donors (Lipinski definition) is 2. The Morgan fingerprint density at radius 1 is 1.42 bits per heavy atom. The minimum Gasteiger partial charge on any atom is -0.350 e. The van der Waals surface area contributed by atoms with E-state index >= 15 is 0 Å². The molecule has 1 fully saturated rings. The first-order chi connectivity index (χ1) is 9.22. The van der Waals surface area contributed by atoms with Crippen LogP contribution in [0.15, 0.2) is 41.3 Å². The molecule has 0 radical (unpaired) electrons. The van der Waals surface area contributed by atoms with Gasteiger partial charge in [0.15, 0.2) is 0 Å². The second kappa shape index (κ2) is 4.81. The van der Waals surface area contributed by atoms with E-state index in [2.05, 4.69) is 31.2 Å². The van der Waals surface area contributed by atoms with Crippen molar-refractivity contribution < 1.29 is 4.79 Å². The Morgan fingerprint density at radius 3 is 2.84 bits per heavy atom. The van der Waals surface area contributed by atoms with E-state index in [0.717, 1.165) is 28.6 Å². The van der Waals surface area contributed by atoms with Crippen molar-refractivity contribution in [1.82, 2.24) is 15.3 Å². The highest BCUT2D eigenvalue weighted by Gasteiger charge is 2.51. The van der Waals surface area contributed by atoms with Crippen molar-refractivity contribution >= 4 is 21.8 Å². The number of carbonyl (C=O) groups is 1. The molecule has 1 aromatic heterocycles. The number of nitrogens with one attached hydrogen (secondary N) is 2. The number of H-pyrrole nitrogens is 1. The molecule has 2 aromatic rings. The summed E-state index contributed by atoms with van der Waals surface area (Å²) < 4.78 is 1.00. The molecule has 0 spiro atoms. The van der Waals surface area contributed by atoms with Gasteiger partial charge in [-0.05, 0) is 24.5 Å². The molecule has 4 nitrogen and oxygen atoms in total. The van der Waals surface area contributed by atoms with E-state index in [9.17, 15) is 4.79 Å². The van der Waals surface area contributed by atoms with Gasteiger partial charge in [0.2, 0.25) is 5.91 Å². The third kappa shape index (κ3) is 2.30. The number of benzene rings is 1. The van der Waals surface area contributed by atoms with Crippen LogP contribution >= 0.6 is 15.9 Å². The zero-order valence-electron chi connectivity index (χ0n) is 10.3. The topological polar surface area (TPSA) is 57.8 Å². The van der Waals surface area contributed by atoms with Crippen LogP contribution in [0.4, 0.5) is 0 Å². The van der Waals surface area contributed by atoms with E-state index in [1.54, 1.807) is 12.5 Å². The summed E-state index contributed by atoms with van der Waals surface area (Å²) in [5, 5.41) is 2.98. The van der Waals surface area contributed by atoms with Crippen LogP contribution < -0.4 is 5.32 Å². The van der Waals surface area contributed by atoms with Crippen LogP contribution in [0.1, 0.15) is 24.1 Å². The lowest BCUT2D eigenvalue weighted by Crippen LogP contribution is -2.34. The maximum Gasteiger partial charge on any atom is 0.231 e. The van der Waals surface area contributed by atoms with E-state index in [1.165, 1.54) is 0 Å². The van der Waals surface area contributed by atoms with E-state index in [0.29, 0.717) is 6.54 Å². The van der Waals surface area contributed by atoms with Crippen molar-refractivity contribution in [3.05, 3.63) is 52.5 Å². The van der Waals surface area contributed by atoms with Crippen molar-refractivity contribution in [2.75, 3.05) is 0 Å². The van der Waals surface area contributed by atoms with Crippen molar-refractivity contribution in [3.8, 4) is 0 Å². The Labute approximate surface area is 119 Å². The van der Waals surface area contributed by atoms with Gasteiger partial charge in [-0.25, -0.2) is 4.98 Å². The first kappa shape index (κ1) is 12.4. The summed E-state index contributed by atoms with van der Waals surface area (Å²) in [7, 11) is 0. The molecule has 2 N–H and O–H groups in total. The Hall–Kier alpha value is -1.62. The van der Waals surface area contributed by atoms with Crippen molar-refractivity contribution in [2.24, 2.45) is 0 Å². The molecule has 0 unspecified atom stereocenters. The second-order valence-corrected chi connectivity index (χ2v) is 5.68. The standard InChI is InChI=1S/C14H14BrN3O/c15-12-4-2-1-3-11(12)14(5-6-14)13(19)17-8-10-7-16-9-18-10/h1-4,7,9H,5-6,8H2,(H,16,18)(H,17,19). The Kier molecular flexibility index (Phi) is 3.14. The number of imidazole rings is 1. The lowest BCUT2D eigenvalue weighted by atomic mass is 9.95. The highest BCUT2D eigenvalue weighted by Crippen LogP contribution is 2.50. The SMILES string of the molecule is O=C(NCc1cnc[nH]1)C1(c2ccccc2Br)CC1. The average Bonchev–Trinajstić information content (AvgIpc) is 3.06. The molecule has 0 bridgehead atoms. The molecule has 0 aliphatic heterocycles. The van der Waals surface area contributed by atoms with Gasteiger partial charge in [-0.2, -0.15) is 0 Å². The van der Waals surface area contributed by atoms with Crippen LogP contribution in [0.2, 0.25) is 0 Å². The third-order valence-electron chi connectivity index (χ3n) is 3.57. The van der Waals surface area contributed by atoms with Gasteiger partial charge < -0.3 is 10.3 Å². The first-order valence-corrected chi connectivity index (χ1v) is 7.02. The number of carbonyl (C=O) groups excluding carboxylic acids is 1. The smallest absolute Gasteiger partial charge is 0.231 e. The molecule has 5 heteroatoms. The number of hydrogen-bond acceptors (Lipinski definition) is 2. The molecule has 1 aliphatic rings. The predicted octanol–water partition coefficient (Wildman–Crippen LogP) is 2.52. The highest BCUT2D eigenvalue weighted by atomic mass is 79.9. The molecule has 1 heterocycles. The zero-order valence-corrected chi connectivity index (χ0v) is 11.9. The van der Waals surface area contributed by atoms with Gasteiger partial charge in [-0.3, -0.25) is 4.79 Å². The summed E-state index contributed by atoms with van der Waals surface area (Å²) in [5.74, 6) is 0.0917. The van der Waals surface area contributed by atoms with Crippen molar-refractivity contribution in [3.63, 3.8) is 0 Å². The first-order valence-electron chi connectivity index (χ1n) is 6.23. The number of amides is 1. The zero-order chi connectivity index (χ0) is 13.3. The maximum absolute atomic E-state index is 12.4. The Morgan fingerprint density at radius 2 is 2.21 bits per heavy atom. The number of aromatic nitrogens is 2.